The first kappa shape index (κ1) is 9.34. The van der Waals surface area contributed by atoms with Gasteiger partial charge < -0.3 is 19.7 Å². The molecule has 1 rings (SSSR count). The number of aliphatic hydroxyl groups is 1. The lowest BCUT2D eigenvalue weighted by Crippen LogP contribution is -2.05. The zero-order valence-electron chi connectivity index (χ0n) is 6.64. The molecule has 0 fully saturated rings. The van der Waals surface area contributed by atoms with Crippen molar-refractivity contribution in [2.24, 2.45) is 0 Å². The van der Waals surface area contributed by atoms with E-state index in [1.807, 2.05) is 0 Å². The van der Waals surface area contributed by atoms with E-state index in [0.29, 0.717) is 0 Å². The minimum atomic E-state index is -1.42. The second-order valence-electron chi connectivity index (χ2n) is 2.09. The van der Waals surface area contributed by atoms with Crippen LogP contribution in [0.5, 0.6) is 11.5 Å². The Morgan fingerprint density at radius 1 is 1.31 bits per heavy atom. The first-order chi connectivity index (χ1) is 6.24. The van der Waals surface area contributed by atoms with Crippen LogP contribution < -0.4 is 9.47 Å². The van der Waals surface area contributed by atoms with Gasteiger partial charge in [0.25, 0.3) is 0 Å². The van der Waals surface area contributed by atoms with Crippen molar-refractivity contribution in [2.75, 3.05) is 6.79 Å². The van der Waals surface area contributed by atoms with Crippen LogP contribution in [-0.2, 0) is 0 Å². The Kier molecular flexibility index (Phi) is 3.10. The number of benzene rings is 1. The van der Waals surface area contributed by atoms with Crippen LogP contribution in [0.15, 0.2) is 24.3 Å². The van der Waals surface area contributed by atoms with Gasteiger partial charge in [0.2, 0.25) is 0 Å². The fraction of sp³-hybridized carbons (Fsp3) is 0.125. The van der Waals surface area contributed by atoms with Gasteiger partial charge in [-0.25, -0.2) is 4.79 Å². The number of rotatable bonds is 3. The van der Waals surface area contributed by atoms with E-state index in [-0.39, 0.29) is 11.5 Å². The summed E-state index contributed by atoms with van der Waals surface area (Å²) in [6.07, 6.45) is -1.42. The molecule has 0 radical (unpaired) electrons. The molecule has 1 aromatic rings. The molecule has 0 aromatic heterocycles. The number of hydrogen-bond donors (Lipinski definition) is 2. The normalized spacial score (nSPS) is 9.31. The number of aliphatic hydroxyl groups excluding tert-OH is 1. The molecule has 2 N–H and O–H groups in total. The first-order valence-electron chi connectivity index (χ1n) is 3.47. The van der Waals surface area contributed by atoms with Gasteiger partial charge in [0.1, 0.15) is 0 Å². The number of para-hydroxylation sites is 2. The molecule has 5 nitrogen and oxygen atoms in total. The van der Waals surface area contributed by atoms with E-state index in [9.17, 15) is 4.79 Å². The number of ether oxygens (including phenoxy) is 2. The summed E-state index contributed by atoms with van der Waals surface area (Å²) in [7, 11) is 0. The van der Waals surface area contributed by atoms with Crippen LogP contribution in [-0.4, -0.2) is 23.2 Å². The highest BCUT2D eigenvalue weighted by Crippen LogP contribution is 2.25. The molecular formula is C8H8O5. The van der Waals surface area contributed by atoms with E-state index < -0.39 is 12.9 Å². The van der Waals surface area contributed by atoms with Crippen LogP contribution in [0.1, 0.15) is 0 Å². The summed E-state index contributed by atoms with van der Waals surface area (Å²) in [6.45, 7) is -0.528. The topological polar surface area (TPSA) is 76.0 Å². The van der Waals surface area contributed by atoms with Crippen molar-refractivity contribution in [2.45, 2.75) is 0 Å². The Morgan fingerprint density at radius 3 is 2.46 bits per heavy atom. The number of hydrogen-bond acceptors (Lipinski definition) is 4. The van der Waals surface area contributed by atoms with E-state index >= 15 is 0 Å². The standard InChI is InChI=1S/C8H8O5/c9-5-12-6-3-1-2-4-7(6)13-8(10)11/h1-4,9H,5H2,(H,10,11). The molecule has 0 amide bonds. The van der Waals surface area contributed by atoms with Crippen LogP contribution >= 0.6 is 0 Å². The maximum absolute atomic E-state index is 10.2. The van der Waals surface area contributed by atoms with E-state index in [2.05, 4.69) is 4.74 Å². The van der Waals surface area contributed by atoms with Gasteiger partial charge in [-0.15, -0.1) is 0 Å². The molecule has 5 heteroatoms. The van der Waals surface area contributed by atoms with Gasteiger partial charge >= 0.3 is 6.16 Å². The molecule has 0 spiro atoms. The average molecular weight is 184 g/mol. The van der Waals surface area contributed by atoms with Gasteiger partial charge in [-0.3, -0.25) is 0 Å². The third-order valence-corrected chi connectivity index (χ3v) is 1.27. The summed E-state index contributed by atoms with van der Waals surface area (Å²) >= 11 is 0. The Bertz CT molecular complexity index is 296. The van der Waals surface area contributed by atoms with Crippen molar-refractivity contribution in [1.82, 2.24) is 0 Å². The van der Waals surface area contributed by atoms with Crippen LogP contribution in [0.25, 0.3) is 0 Å². The minimum Gasteiger partial charge on any atom is -0.464 e. The highest BCUT2D eigenvalue weighted by atomic mass is 16.7. The molecule has 0 aliphatic rings. The SMILES string of the molecule is O=C(O)Oc1ccccc1OCO. The number of carboxylic acid groups (broad SMARTS) is 1. The monoisotopic (exact) mass is 184 g/mol. The molecule has 0 saturated carbocycles. The van der Waals surface area contributed by atoms with Crippen molar-refractivity contribution in [1.29, 1.82) is 0 Å². The molecule has 0 aliphatic heterocycles. The van der Waals surface area contributed by atoms with Crippen molar-refractivity contribution >= 4 is 6.16 Å². The van der Waals surface area contributed by atoms with E-state index in [1.54, 1.807) is 12.1 Å². The molecular weight excluding hydrogens is 176 g/mol. The van der Waals surface area contributed by atoms with Crippen molar-refractivity contribution in [3.8, 4) is 11.5 Å². The van der Waals surface area contributed by atoms with Crippen LogP contribution in [0.2, 0.25) is 0 Å². The molecule has 70 valence electrons. The predicted octanol–water partition coefficient (Wildman–Crippen LogP) is 1.07. The van der Waals surface area contributed by atoms with E-state index in [4.69, 9.17) is 14.9 Å². The van der Waals surface area contributed by atoms with Crippen LogP contribution in [0.4, 0.5) is 4.79 Å². The first-order valence-corrected chi connectivity index (χ1v) is 3.47. The summed E-state index contributed by atoms with van der Waals surface area (Å²) in [4.78, 5) is 10.2. The lowest BCUT2D eigenvalue weighted by Gasteiger charge is -2.06. The Hall–Kier alpha value is -1.75. The molecule has 1 aromatic carbocycles. The van der Waals surface area contributed by atoms with Crippen LogP contribution in [0.3, 0.4) is 0 Å². The van der Waals surface area contributed by atoms with E-state index in [0.717, 1.165) is 0 Å². The fourth-order valence-corrected chi connectivity index (χ4v) is 0.817. The third-order valence-electron chi connectivity index (χ3n) is 1.27. The second kappa shape index (κ2) is 4.32. The lowest BCUT2D eigenvalue weighted by molar-refractivity contribution is 0.0926. The van der Waals surface area contributed by atoms with Gasteiger partial charge in [0.15, 0.2) is 18.3 Å². The lowest BCUT2D eigenvalue weighted by atomic mass is 10.3. The molecule has 13 heavy (non-hydrogen) atoms. The summed E-state index contributed by atoms with van der Waals surface area (Å²) < 4.78 is 9.08. The zero-order valence-corrected chi connectivity index (χ0v) is 6.64. The Balaban J connectivity index is 2.84. The van der Waals surface area contributed by atoms with Gasteiger partial charge in [0, 0.05) is 0 Å². The smallest absolute Gasteiger partial charge is 0.464 e. The quantitative estimate of drug-likeness (QED) is 0.417. The Morgan fingerprint density at radius 2 is 1.92 bits per heavy atom. The van der Waals surface area contributed by atoms with Gasteiger partial charge in [-0.1, -0.05) is 12.1 Å². The highest BCUT2D eigenvalue weighted by molar-refractivity contribution is 5.62. The van der Waals surface area contributed by atoms with Crippen molar-refractivity contribution in [3.05, 3.63) is 24.3 Å². The van der Waals surface area contributed by atoms with Gasteiger partial charge in [0.05, 0.1) is 0 Å². The maximum Gasteiger partial charge on any atom is 0.511 e. The summed E-state index contributed by atoms with van der Waals surface area (Å²) in [5.41, 5.74) is 0. The van der Waals surface area contributed by atoms with Gasteiger partial charge in [-0.05, 0) is 12.1 Å². The summed E-state index contributed by atoms with van der Waals surface area (Å²) in [6, 6.07) is 6.16. The average Bonchev–Trinajstić information content (AvgIpc) is 2.08. The van der Waals surface area contributed by atoms with Gasteiger partial charge in [-0.2, -0.15) is 0 Å². The second-order valence-corrected chi connectivity index (χ2v) is 2.09. The van der Waals surface area contributed by atoms with Crippen molar-refractivity contribution in [3.63, 3.8) is 0 Å². The maximum atomic E-state index is 10.2. The molecule has 0 unspecified atom stereocenters. The molecule has 0 atom stereocenters. The minimum absolute atomic E-state index is 0.0593. The molecule has 0 saturated heterocycles. The third kappa shape index (κ3) is 2.64. The van der Waals surface area contributed by atoms with E-state index in [1.165, 1.54) is 12.1 Å². The highest BCUT2D eigenvalue weighted by Gasteiger charge is 2.06. The molecule has 0 heterocycles. The summed E-state index contributed by atoms with van der Waals surface area (Å²) in [5.74, 6) is 0.247. The Labute approximate surface area is 74.1 Å². The molecule has 0 bridgehead atoms. The largest absolute Gasteiger partial charge is 0.511 e. The molecule has 0 aliphatic carbocycles. The zero-order chi connectivity index (χ0) is 9.68. The number of carbonyl (C=O) groups is 1. The predicted molar refractivity (Wildman–Crippen MR) is 42.8 cm³/mol. The fourth-order valence-electron chi connectivity index (χ4n) is 0.817. The van der Waals surface area contributed by atoms with Crippen molar-refractivity contribution < 1.29 is 24.5 Å². The van der Waals surface area contributed by atoms with Crippen LogP contribution in [0, 0.1) is 0 Å². The summed E-state index contributed by atoms with van der Waals surface area (Å²) in [5, 5.41) is 16.8.